The fraction of sp³-hybridized carbons (Fsp3) is 0.300. The van der Waals surface area contributed by atoms with Crippen LogP contribution in [0.3, 0.4) is 0 Å². The van der Waals surface area contributed by atoms with Gasteiger partial charge in [0, 0.05) is 13.8 Å². The second-order valence-electron chi connectivity index (χ2n) is 3.31. The predicted molar refractivity (Wildman–Crippen MR) is 50.1 cm³/mol. The summed E-state index contributed by atoms with van der Waals surface area (Å²) in [5.74, 6) is 0. The van der Waals surface area contributed by atoms with Crippen molar-refractivity contribution in [1.82, 2.24) is 0 Å². The monoisotopic (exact) mass is 176 g/mol. The van der Waals surface area contributed by atoms with Crippen LogP contribution in [0.25, 0.3) is 5.70 Å². The minimum absolute atomic E-state index is 0.138. The smallest absolute Gasteiger partial charge is 0.182 e. The van der Waals surface area contributed by atoms with Crippen molar-refractivity contribution in [3.05, 3.63) is 40.0 Å². The van der Waals surface area contributed by atoms with Crippen LogP contribution in [0.15, 0.2) is 29.3 Å². The van der Waals surface area contributed by atoms with Gasteiger partial charge >= 0.3 is 0 Å². The van der Waals surface area contributed by atoms with Gasteiger partial charge in [-0.2, -0.15) is 0 Å². The van der Waals surface area contributed by atoms with Crippen molar-refractivity contribution in [2.24, 2.45) is 4.99 Å². The highest BCUT2D eigenvalue weighted by atomic mass is 16.5. The van der Waals surface area contributed by atoms with Gasteiger partial charge in [0.1, 0.15) is 5.70 Å². The van der Waals surface area contributed by atoms with Crippen LogP contribution in [0.5, 0.6) is 0 Å². The summed E-state index contributed by atoms with van der Waals surface area (Å²) in [6, 6.07) is 7.76. The highest BCUT2D eigenvalue weighted by Crippen LogP contribution is 1.86. The summed E-state index contributed by atoms with van der Waals surface area (Å²) in [7, 11) is 0. The van der Waals surface area contributed by atoms with Gasteiger partial charge in [-0.25, -0.2) is 4.99 Å². The molecule has 1 heterocycles. The summed E-state index contributed by atoms with van der Waals surface area (Å²) in [4.78, 5) is 4.31. The number of benzene rings is 1. The van der Waals surface area contributed by atoms with E-state index in [-0.39, 0.29) is 11.2 Å². The zero-order valence-corrected chi connectivity index (χ0v) is 7.74. The van der Waals surface area contributed by atoms with Gasteiger partial charge in [0.2, 0.25) is 0 Å². The van der Waals surface area contributed by atoms with Crippen molar-refractivity contribution >= 4 is 5.70 Å². The Morgan fingerprint density at radius 3 is 2.85 bits per heavy atom. The van der Waals surface area contributed by atoms with Crippen LogP contribution in [-0.4, -0.2) is 6.17 Å². The van der Waals surface area contributed by atoms with Crippen LogP contribution in [0.4, 0.5) is 0 Å². The van der Waals surface area contributed by atoms with Crippen LogP contribution in [-0.2, 0) is 0 Å². The minimum Gasteiger partial charge on any atom is -0.628 e. The lowest BCUT2D eigenvalue weighted by atomic mass is 10.2. The number of nitrogens with one attached hydrogen (secondary N) is 1. The molecular formula is C10H12N2O. The van der Waals surface area contributed by atoms with Crippen molar-refractivity contribution in [2.75, 3.05) is 0 Å². The van der Waals surface area contributed by atoms with Crippen LogP contribution < -0.4 is 15.6 Å². The molecule has 1 aliphatic heterocycles. The summed E-state index contributed by atoms with van der Waals surface area (Å²) in [5.41, 5.74) is 0.832. The Morgan fingerprint density at radius 1 is 1.38 bits per heavy atom. The summed E-state index contributed by atoms with van der Waals surface area (Å²) >= 11 is 0. The number of quaternary nitrogens is 1. The topological polar surface area (TPSA) is 39.9 Å². The zero-order chi connectivity index (χ0) is 9.42. The molecule has 1 N–H and O–H groups in total. The summed E-state index contributed by atoms with van der Waals surface area (Å²) in [5, 5.41) is 13.6. The molecule has 1 aromatic carbocycles. The third-order valence-corrected chi connectivity index (χ3v) is 2.39. The van der Waals surface area contributed by atoms with Crippen molar-refractivity contribution in [1.29, 1.82) is 0 Å². The van der Waals surface area contributed by atoms with E-state index < -0.39 is 0 Å². The van der Waals surface area contributed by atoms with E-state index in [1.807, 2.05) is 38.1 Å². The molecule has 13 heavy (non-hydrogen) atoms. The lowest BCUT2D eigenvalue weighted by Gasteiger charge is -2.28. The average molecular weight is 176 g/mol. The SMILES string of the molecule is CC1=c2ccccc2=NC(C)[NH+]1[O-]. The third-order valence-electron chi connectivity index (χ3n) is 2.39. The van der Waals surface area contributed by atoms with Gasteiger partial charge in [-0.05, 0) is 12.1 Å². The summed E-state index contributed by atoms with van der Waals surface area (Å²) < 4.78 is 0. The zero-order valence-electron chi connectivity index (χ0n) is 7.74. The molecule has 3 heteroatoms. The van der Waals surface area contributed by atoms with E-state index in [1.165, 1.54) is 0 Å². The molecule has 68 valence electrons. The van der Waals surface area contributed by atoms with E-state index in [0.29, 0.717) is 0 Å². The fourth-order valence-electron chi connectivity index (χ4n) is 1.62. The highest BCUT2D eigenvalue weighted by molar-refractivity contribution is 5.32. The Morgan fingerprint density at radius 2 is 2.08 bits per heavy atom. The molecule has 3 nitrogen and oxygen atoms in total. The van der Waals surface area contributed by atoms with Crippen molar-refractivity contribution in [2.45, 2.75) is 20.0 Å². The third kappa shape index (κ3) is 1.26. The normalized spacial score (nSPS) is 26.5. The molecule has 2 unspecified atom stereocenters. The van der Waals surface area contributed by atoms with Crippen LogP contribution in [0.1, 0.15) is 13.8 Å². The van der Waals surface area contributed by atoms with Crippen LogP contribution in [0.2, 0.25) is 0 Å². The van der Waals surface area contributed by atoms with Crippen molar-refractivity contribution in [3.63, 3.8) is 0 Å². The lowest BCUT2D eigenvalue weighted by molar-refractivity contribution is -0.800. The van der Waals surface area contributed by atoms with Crippen LogP contribution >= 0.6 is 0 Å². The van der Waals surface area contributed by atoms with Gasteiger partial charge < -0.3 is 10.3 Å². The highest BCUT2D eigenvalue weighted by Gasteiger charge is 2.14. The maximum atomic E-state index is 11.6. The lowest BCUT2D eigenvalue weighted by Crippen LogP contribution is -3.09. The number of hydrogen-bond acceptors (Lipinski definition) is 2. The van der Waals surface area contributed by atoms with Crippen molar-refractivity contribution in [3.8, 4) is 0 Å². The van der Waals surface area contributed by atoms with Gasteiger partial charge in [-0.15, -0.1) is 0 Å². The van der Waals surface area contributed by atoms with Gasteiger partial charge in [0.25, 0.3) is 0 Å². The standard InChI is InChI=1S/C10H12N2O/c1-7-9-5-3-4-6-10(9)11-8(2)12(7)13/h3-6,8,12H,1-2H3. The second kappa shape index (κ2) is 2.94. The van der Waals surface area contributed by atoms with E-state index in [9.17, 15) is 5.21 Å². The Hall–Kier alpha value is -1.19. The molecule has 0 saturated carbocycles. The fourth-order valence-corrected chi connectivity index (χ4v) is 1.62. The van der Waals surface area contributed by atoms with Gasteiger partial charge in [-0.1, -0.05) is 12.1 Å². The molecule has 1 aliphatic rings. The second-order valence-corrected chi connectivity index (χ2v) is 3.31. The van der Waals surface area contributed by atoms with Gasteiger partial charge in [0.15, 0.2) is 6.17 Å². The van der Waals surface area contributed by atoms with Crippen LogP contribution in [0, 0.1) is 5.21 Å². The molecule has 2 atom stereocenters. The molecular weight excluding hydrogens is 164 g/mol. The van der Waals surface area contributed by atoms with E-state index in [1.54, 1.807) is 0 Å². The van der Waals surface area contributed by atoms with Gasteiger partial charge in [0.05, 0.1) is 10.6 Å². The number of hydrogen-bond donors (Lipinski definition) is 1. The molecule has 0 bridgehead atoms. The Kier molecular flexibility index (Phi) is 1.90. The minimum atomic E-state index is -0.213. The number of para-hydroxylation sites is 1. The average Bonchev–Trinajstić information content (AvgIpc) is 2.15. The number of fused-ring (bicyclic) bond motifs is 1. The van der Waals surface area contributed by atoms with E-state index in [0.717, 1.165) is 16.3 Å². The predicted octanol–water partition coefficient (Wildman–Crippen LogP) is -0.823. The first-order valence-corrected chi connectivity index (χ1v) is 4.38. The van der Waals surface area contributed by atoms with E-state index in [2.05, 4.69) is 4.99 Å². The number of nitrogens with zero attached hydrogens (tertiary/aromatic N) is 1. The Balaban J connectivity index is 2.81. The molecule has 0 aliphatic carbocycles. The maximum absolute atomic E-state index is 11.6. The maximum Gasteiger partial charge on any atom is 0.182 e. The first-order valence-electron chi connectivity index (χ1n) is 4.38. The molecule has 0 fully saturated rings. The summed E-state index contributed by atoms with van der Waals surface area (Å²) in [6.07, 6.45) is -0.213. The molecule has 0 radical (unpaired) electrons. The first-order chi connectivity index (χ1) is 6.20. The number of rotatable bonds is 0. The molecule has 0 aromatic heterocycles. The molecule has 2 rings (SSSR count). The molecule has 0 spiro atoms. The quantitative estimate of drug-likeness (QED) is 0.515. The van der Waals surface area contributed by atoms with E-state index in [4.69, 9.17) is 0 Å². The van der Waals surface area contributed by atoms with Crippen molar-refractivity contribution < 1.29 is 5.06 Å². The Labute approximate surface area is 76.6 Å². The van der Waals surface area contributed by atoms with E-state index >= 15 is 0 Å². The Bertz CT molecular complexity index is 438. The molecule has 1 aromatic rings. The first kappa shape index (κ1) is 8.41. The molecule has 0 amide bonds. The number of hydroxylamine groups is 2. The largest absolute Gasteiger partial charge is 0.628 e. The summed E-state index contributed by atoms with van der Waals surface area (Å²) in [6.45, 7) is 3.70. The van der Waals surface area contributed by atoms with Gasteiger partial charge in [-0.3, -0.25) is 0 Å². The molecule has 0 saturated heterocycles.